The lowest BCUT2D eigenvalue weighted by molar-refractivity contribution is -0.117. The van der Waals surface area contributed by atoms with Crippen molar-refractivity contribution in [2.24, 2.45) is 0 Å². The summed E-state index contributed by atoms with van der Waals surface area (Å²) in [6.45, 7) is 2.17. The molecular weight excluding hydrogens is 342 g/mol. The van der Waals surface area contributed by atoms with Crippen LogP contribution in [0.15, 0.2) is 18.2 Å². The van der Waals surface area contributed by atoms with Crippen molar-refractivity contribution >= 4 is 40.1 Å². The molecule has 7 heteroatoms. The SMILES string of the molecule is COC(=O)c1[nH]c2ccc(Cl)cc2c1NC(=O)CN1CCCCCC1. The number of benzene rings is 1. The number of methoxy groups -OCH3 is 1. The topological polar surface area (TPSA) is 74.4 Å². The van der Waals surface area contributed by atoms with E-state index in [1.165, 1.54) is 20.0 Å². The van der Waals surface area contributed by atoms with E-state index in [1.54, 1.807) is 18.2 Å². The number of hydrogen-bond acceptors (Lipinski definition) is 4. The molecule has 25 heavy (non-hydrogen) atoms. The maximum Gasteiger partial charge on any atom is 0.356 e. The number of carbonyl (C=O) groups is 2. The van der Waals surface area contributed by atoms with Crippen LogP contribution >= 0.6 is 11.6 Å². The molecule has 0 aliphatic carbocycles. The zero-order valence-corrected chi connectivity index (χ0v) is 15.0. The Bertz CT molecular complexity index is 779. The van der Waals surface area contributed by atoms with Crippen LogP contribution in [0.1, 0.15) is 36.2 Å². The average Bonchev–Trinajstić information content (AvgIpc) is 2.77. The Hall–Kier alpha value is -2.05. The maximum atomic E-state index is 12.5. The van der Waals surface area contributed by atoms with Crippen LogP contribution < -0.4 is 5.32 Å². The van der Waals surface area contributed by atoms with Gasteiger partial charge in [-0.05, 0) is 44.1 Å². The molecule has 0 atom stereocenters. The number of esters is 1. The van der Waals surface area contributed by atoms with Crippen LogP contribution in [0, 0.1) is 0 Å². The number of rotatable bonds is 4. The average molecular weight is 364 g/mol. The van der Waals surface area contributed by atoms with E-state index in [2.05, 4.69) is 15.2 Å². The zero-order valence-electron chi connectivity index (χ0n) is 14.2. The highest BCUT2D eigenvalue weighted by Crippen LogP contribution is 2.30. The largest absolute Gasteiger partial charge is 0.464 e. The van der Waals surface area contributed by atoms with Gasteiger partial charge in [-0.3, -0.25) is 9.69 Å². The number of fused-ring (bicyclic) bond motifs is 1. The third kappa shape index (κ3) is 4.14. The second-order valence-corrected chi connectivity index (χ2v) is 6.73. The molecule has 1 aliphatic rings. The molecule has 2 heterocycles. The van der Waals surface area contributed by atoms with Crippen molar-refractivity contribution in [3.63, 3.8) is 0 Å². The highest BCUT2D eigenvalue weighted by molar-refractivity contribution is 6.31. The van der Waals surface area contributed by atoms with Gasteiger partial charge < -0.3 is 15.0 Å². The summed E-state index contributed by atoms with van der Waals surface area (Å²) in [7, 11) is 1.31. The van der Waals surface area contributed by atoms with E-state index in [9.17, 15) is 9.59 Å². The van der Waals surface area contributed by atoms with Crippen LogP contribution in [0.5, 0.6) is 0 Å². The van der Waals surface area contributed by atoms with Crippen molar-refractivity contribution in [1.29, 1.82) is 0 Å². The molecule has 0 spiro atoms. The summed E-state index contributed by atoms with van der Waals surface area (Å²) in [5.74, 6) is -0.676. The van der Waals surface area contributed by atoms with Crippen LogP contribution in [0.2, 0.25) is 5.02 Å². The molecule has 0 unspecified atom stereocenters. The predicted octanol–water partition coefficient (Wildman–Crippen LogP) is 3.42. The molecular formula is C18H22ClN3O3. The van der Waals surface area contributed by atoms with Crippen molar-refractivity contribution < 1.29 is 14.3 Å². The molecule has 1 saturated heterocycles. The lowest BCUT2D eigenvalue weighted by Crippen LogP contribution is -2.34. The number of carbonyl (C=O) groups excluding carboxylic acids is 2. The second kappa shape index (κ2) is 7.89. The summed E-state index contributed by atoms with van der Waals surface area (Å²) in [5.41, 5.74) is 1.36. The van der Waals surface area contributed by atoms with E-state index in [-0.39, 0.29) is 11.6 Å². The monoisotopic (exact) mass is 363 g/mol. The Morgan fingerprint density at radius 1 is 1.24 bits per heavy atom. The number of hydrogen-bond donors (Lipinski definition) is 2. The van der Waals surface area contributed by atoms with E-state index in [1.807, 2.05) is 0 Å². The van der Waals surface area contributed by atoms with Crippen molar-refractivity contribution in [3.8, 4) is 0 Å². The van der Waals surface area contributed by atoms with E-state index in [0.717, 1.165) is 31.4 Å². The lowest BCUT2D eigenvalue weighted by atomic mass is 10.2. The summed E-state index contributed by atoms with van der Waals surface area (Å²) < 4.78 is 4.82. The number of H-pyrrole nitrogens is 1. The number of likely N-dealkylation sites (tertiary alicyclic amines) is 1. The molecule has 6 nitrogen and oxygen atoms in total. The van der Waals surface area contributed by atoms with Crippen molar-refractivity contribution in [1.82, 2.24) is 9.88 Å². The molecule has 1 aromatic heterocycles. The van der Waals surface area contributed by atoms with Crippen molar-refractivity contribution in [2.75, 3.05) is 32.1 Å². The highest BCUT2D eigenvalue weighted by Gasteiger charge is 2.21. The molecule has 1 fully saturated rings. The molecule has 2 aromatic rings. The number of aromatic amines is 1. The van der Waals surface area contributed by atoms with Crippen LogP contribution in [0.25, 0.3) is 10.9 Å². The van der Waals surface area contributed by atoms with Crippen molar-refractivity contribution in [2.45, 2.75) is 25.7 Å². The van der Waals surface area contributed by atoms with E-state index < -0.39 is 5.97 Å². The fraction of sp³-hybridized carbons (Fsp3) is 0.444. The van der Waals surface area contributed by atoms with Crippen LogP contribution in [0.4, 0.5) is 5.69 Å². The third-order valence-electron chi connectivity index (χ3n) is 4.48. The minimum atomic E-state index is -0.530. The third-order valence-corrected chi connectivity index (χ3v) is 4.72. The molecule has 0 saturated carbocycles. The number of amides is 1. The Kier molecular flexibility index (Phi) is 5.60. The quantitative estimate of drug-likeness (QED) is 0.816. The first-order valence-electron chi connectivity index (χ1n) is 8.50. The highest BCUT2D eigenvalue weighted by atomic mass is 35.5. The molecule has 0 radical (unpaired) electrons. The summed E-state index contributed by atoms with van der Waals surface area (Å²) in [4.78, 5) is 29.7. The number of halogens is 1. The van der Waals surface area contributed by atoms with E-state index >= 15 is 0 Å². The number of aromatic nitrogens is 1. The maximum absolute atomic E-state index is 12.5. The first kappa shape index (κ1) is 17.8. The minimum absolute atomic E-state index is 0.145. The van der Waals surface area contributed by atoms with Gasteiger partial charge >= 0.3 is 5.97 Å². The molecule has 0 bridgehead atoms. The van der Waals surface area contributed by atoms with Gasteiger partial charge in [-0.2, -0.15) is 0 Å². The van der Waals surface area contributed by atoms with Gasteiger partial charge in [0.05, 0.1) is 19.3 Å². The van der Waals surface area contributed by atoms with Gasteiger partial charge in [0.1, 0.15) is 5.69 Å². The first-order valence-corrected chi connectivity index (χ1v) is 8.88. The Balaban J connectivity index is 1.84. The number of nitrogens with one attached hydrogen (secondary N) is 2. The summed E-state index contributed by atoms with van der Waals surface area (Å²) in [5, 5.41) is 4.10. The number of anilines is 1. The molecule has 134 valence electrons. The van der Waals surface area contributed by atoms with Gasteiger partial charge in [0.15, 0.2) is 0 Å². The van der Waals surface area contributed by atoms with Crippen molar-refractivity contribution in [3.05, 3.63) is 28.9 Å². The van der Waals surface area contributed by atoms with Crippen LogP contribution in [-0.2, 0) is 9.53 Å². The Labute approximate surface area is 151 Å². The van der Waals surface area contributed by atoms with Gasteiger partial charge in [0.25, 0.3) is 0 Å². The van der Waals surface area contributed by atoms with Gasteiger partial charge in [-0.1, -0.05) is 24.4 Å². The number of ether oxygens (including phenoxy) is 1. The van der Waals surface area contributed by atoms with Gasteiger partial charge in [-0.15, -0.1) is 0 Å². The summed E-state index contributed by atoms with van der Waals surface area (Å²) >= 11 is 6.07. The number of nitrogens with zero attached hydrogens (tertiary/aromatic N) is 1. The molecule has 2 N–H and O–H groups in total. The fourth-order valence-corrected chi connectivity index (χ4v) is 3.40. The Morgan fingerprint density at radius 3 is 2.64 bits per heavy atom. The molecule has 1 aromatic carbocycles. The minimum Gasteiger partial charge on any atom is -0.464 e. The smallest absolute Gasteiger partial charge is 0.356 e. The molecule has 1 amide bonds. The lowest BCUT2D eigenvalue weighted by Gasteiger charge is -2.19. The van der Waals surface area contributed by atoms with E-state index in [4.69, 9.17) is 16.3 Å². The standard InChI is InChI=1S/C18H22ClN3O3/c1-25-18(24)17-16(13-10-12(19)6-7-14(13)20-17)21-15(23)11-22-8-4-2-3-5-9-22/h6-7,10,20H,2-5,8-9,11H2,1H3,(H,21,23). The normalized spacial score (nSPS) is 15.8. The van der Waals surface area contributed by atoms with Crippen LogP contribution in [0.3, 0.4) is 0 Å². The van der Waals surface area contributed by atoms with Crippen LogP contribution in [-0.4, -0.2) is 48.5 Å². The first-order chi connectivity index (χ1) is 12.1. The molecule has 1 aliphatic heterocycles. The predicted molar refractivity (Wildman–Crippen MR) is 98.2 cm³/mol. The zero-order chi connectivity index (χ0) is 17.8. The van der Waals surface area contributed by atoms with Gasteiger partial charge in [0.2, 0.25) is 5.91 Å². The van der Waals surface area contributed by atoms with Gasteiger partial charge in [0, 0.05) is 15.9 Å². The summed E-state index contributed by atoms with van der Waals surface area (Å²) in [6.07, 6.45) is 4.66. The molecule has 3 rings (SSSR count). The van der Waals surface area contributed by atoms with Gasteiger partial charge in [-0.25, -0.2) is 4.79 Å². The second-order valence-electron chi connectivity index (χ2n) is 6.30. The summed E-state index contributed by atoms with van der Waals surface area (Å²) in [6, 6.07) is 5.22. The Morgan fingerprint density at radius 2 is 1.96 bits per heavy atom. The van der Waals surface area contributed by atoms with E-state index in [0.29, 0.717) is 22.6 Å². The fourth-order valence-electron chi connectivity index (χ4n) is 3.23.